The van der Waals surface area contributed by atoms with Crippen LogP contribution in [0.3, 0.4) is 0 Å². The number of methoxy groups -OCH3 is 1. The Bertz CT molecular complexity index is 1220. The molecule has 1 atom stereocenters. The van der Waals surface area contributed by atoms with E-state index in [2.05, 4.69) is 4.90 Å². The fourth-order valence-electron chi connectivity index (χ4n) is 5.23. The van der Waals surface area contributed by atoms with Crippen molar-refractivity contribution in [3.05, 3.63) is 65.2 Å². The second-order valence-corrected chi connectivity index (χ2v) is 8.78. The summed E-state index contributed by atoms with van der Waals surface area (Å²) < 4.78 is 10.6. The molecule has 1 N–H and O–H groups in total. The summed E-state index contributed by atoms with van der Waals surface area (Å²) in [6, 6.07) is 13.6. The van der Waals surface area contributed by atoms with E-state index >= 15 is 0 Å². The van der Waals surface area contributed by atoms with Crippen molar-refractivity contribution in [2.75, 3.05) is 58.5 Å². The fraction of sp³-hybridized carbons (Fsp3) is 0.346. The Morgan fingerprint density at radius 2 is 1.71 bits per heavy atom. The molecule has 3 aliphatic heterocycles. The molecule has 5 rings (SSSR count). The number of rotatable bonds is 5. The number of ether oxygens (including phenoxy) is 2. The number of aliphatic hydroxyl groups is 1. The lowest BCUT2D eigenvalue weighted by molar-refractivity contribution is -0.144. The Kier molecular flexibility index (Phi) is 5.82. The van der Waals surface area contributed by atoms with Gasteiger partial charge in [-0.3, -0.25) is 19.3 Å². The highest BCUT2D eigenvalue weighted by molar-refractivity contribution is 6.50. The minimum absolute atomic E-state index is 0.151. The lowest BCUT2D eigenvalue weighted by atomic mass is 9.82. The Labute approximate surface area is 203 Å². The molecule has 182 valence electrons. The first-order valence-electron chi connectivity index (χ1n) is 11.5. The molecule has 1 spiro atoms. The number of carbonyl (C=O) groups excluding carboxylic acids is 3. The van der Waals surface area contributed by atoms with Crippen LogP contribution >= 0.6 is 0 Å². The Hall–Kier alpha value is -3.69. The maximum absolute atomic E-state index is 14.0. The van der Waals surface area contributed by atoms with Gasteiger partial charge < -0.3 is 24.4 Å². The monoisotopic (exact) mass is 477 g/mol. The van der Waals surface area contributed by atoms with E-state index in [1.54, 1.807) is 55.6 Å². The van der Waals surface area contributed by atoms with Gasteiger partial charge in [0.15, 0.2) is 5.54 Å². The molecule has 35 heavy (non-hydrogen) atoms. The van der Waals surface area contributed by atoms with E-state index in [0.29, 0.717) is 55.4 Å². The molecule has 2 aromatic carbocycles. The minimum atomic E-state index is -1.74. The molecule has 0 bridgehead atoms. The Balaban J connectivity index is 1.68. The summed E-state index contributed by atoms with van der Waals surface area (Å²) in [6.07, 6.45) is 0. The van der Waals surface area contributed by atoms with Crippen LogP contribution in [0, 0.1) is 0 Å². The number of hydrogen-bond acceptors (Lipinski definition) is 7. The van der Waals surface area contributed by atoms with Gasteiger partial charge in [0.1, 0.15) is 11.5 Å². The second kappa shape index (κ2) is 8.83. The lowest BCUT2D eigenvalue weighted by Gasteiger charge is -2.36. The zero-order valence-electron chi connectivity index (χ0n) is 19.7. The van der Waals surface area contributed by atoms with Crippen molar-refractivity contribution in [2.45, 2.75) is 5.54 Å². The zero-order valence-corrected chi connectivity index (χ0v) is 19.7. The van der Waals surface area contributed by atoms with Crippen LogP contribution in [0.1, 0.15) is 11.1 Å². The standard InChI is InChI=1S/C26H27N3O6/c1-27-20-6-4-3-5-19(20)26(25(27)33)21(22(30)17-7-9-18(34-2)10-8-17)23(31)24(32)29(26)12-11-28-13-15-35-16-14-28/h3-10,30H,11-16H2,1-2H3/b22-21-. The van der Waals surface area contributed by atoms with Crippen LogP contribution in [-0.4, -0.2) is 86.1 Å². The van der Waals surface area contributed by atoms with Crippen LogP contribution in [0.4, 0.5) is 5.69 Å². The number of amides is 2. The largest absolute Gasteiger partial charge is 0.507 e. The molecule has 9 heteroatoms. The summed E-state index contributed by atoms with van der Waals surface area (Å²) in [6.45, 7) is 3.20. The average Bonchev–Trinajstić information content (AvgIpc) is 3.26. The predicted octanol–water partition coefficient (Wildman–Crippen LogP) is 1.58. The molecule has 2 aromatic rings. The first kappa shape index (κ1) is 23.1. The Morgan fingerprint density at radius 1 is 1.03 bits per heavy atom. The molecule has 3 aliphatic rings. The third-order valence-corrected chi connectivity index (χ3v) is 7.05. The number of benzene rings is 2. The minimum Gasteiger partial charge on any atom is -0.507 e. The van der Waals surface area contributed by atoms with E-state index < -0.39 is 28.9 Å². The van der Waals surface area contributed by atoms with Gasteiger partial charge in [0, 0.05) is 50.0 Å². The fourth-order valence-corrected chi connectivity index (χ4v) is 5.23. The van der Waals surface area contributed by atoms with E-state index in [4.69, 9.17) is 9.47 Å². The molecule has 2 fully saturated rings. The lowest BCUT2D eigenvalue weighted by Crippen LogP contribution is -2.53. The second-order valence-electron chi connectivity index (χ2n) is 8.78. The van der Waals surface area contributed by atoms with E-state index in [1.165, 1.54) is 16.9 Å². The van der Waals surface area contributed by atoms with Gasteiger partial charge in [-0.15, -0.1) is 0 Å². The topological polar surface area (TPSA) is 99.6 Å². The number of anilines is 1. The highest BCUT2D eigenvalue weighted by atomic mass is 16.5. The van der Waals surface area contributed by atoms with Crippen molar-refractivity contribution in [3.63, 3.8) is 0 Å². The van der Waals surface area contributed by atoms with Crippen molar-refractivity contribution < 1.29 is 29.0 Å². The van der Waals surface area contributed by atoms with Crippen LogP contribution < -0.4 is 9.64 Å². The molecular formula is C26H27N3O6. The zero-order chi connectivity index (χ0) is 24.7. The maximum Gasteiger partial charge on any atom is 0.296 e. The van der Waals surface area contributed by atoms with Gasteiger partial charge in [0.25, 0.3) is 17.6 Å². The summed E-state index contributed by atoms with van der Waals surface area (Å²) >= 11 is 0. The number of aliphatic hydroxyl groups excluding tert-OH is 1. The first-order valence-corrected chi connectivity index (χ1v) is 11.5. The molecule has 0 saturated carbocycles. The van der Waals surface area contributed by atoms with E-state index in [-0.39, 0.29) is 12.1 Å². The average molecular weight is 478 g/mol. The number of likely N-dealkylation sites (tertiary alicyclic amines) is 1. The number of hydrogen-bond donors (Lipinski definition) is 1. The van der Waals surface area contributed by atoms with Gasteiger partial charge in [-0.2, -0.15) is 0 Å². The molecular weight excluding hydrogens is 450 g/mol. The predicted molar refractivity (Wildman–Crippen MR) is 128 cm³/mol. The summed E-state index contributed by atoms with van der Waals surface area (Å²) in [7, 11) is 3.14. The highest BCUT2D eigenvalue weighted by Crippen LogP contribution is 2.53. The quantitative estimate of drug-likeness (QED) is 0.397. The number of fused-ring (bicyclic) bond motifs is 2. The van der Waals surface area contributed by atoms with Crippen molar-refractivity contribution >= 4 is 29.0 Å². The van der Waals surface area contributed by atoms with Gasteiger partial charge in [0.05, 0.1) is 25.9 Å². The van der Waals surface area contributed by atoms with Crippen LogP contribution in [0.2, 0.25) is 0 Å². The third-order valence-electron chi connectivity index (χ3n) is 7.05. The smallest absolute Gasteiger partial charge is 0.296 e. The number of ketones is 1. The first-order chi connectivity index (χ1) is 16.9. The molecule has 3 heterocycles. The van der Waals surface area contributed by atoms with Crippen molar-refractivity contribution in [1.29, 1.82) is 0 Å². The van der Waals surface area contributed by atoms with Crippen LogP contribution in [0.5, 0.6) is 5.75 Å². The molecule has 9 nitrogen and oxygen atoms in total. The number of carbonyl (C=O) groups is 3. The van der Waals surface area contributed by atoms with E-state index in [0.717, 1.165) is 0 Å². The molecule has 0 aliphatic carbocycles. The van der Waals surface area contributed by atoms with Crippen molar-refractivity contribution in [3.8, 4) is 5.75 Å². The van der Waals surface area contributed by atoms with Gasteiger partial charge in [-0.25, -0.2) is 0 Å². The highest BCUT2D eigenvalue weighted by Gasteiger charge is 2.66. The molecule has 0 radical (unpaired) electrons. The molecule has 1 unspecified atom stereocenters. The maximum atomic E-state index is 14.0. The van der Waals surface area contributed by atoms with Crippen molar-refractivity contribution in [1.82, 2.24) is 9.80 Å². The SMILES string of the molecule is COc1ccc(/C(O)=C2\C(=O)C(=O)N(CCN3CCOCC3)C23C(=O)N(C)c2ccccc23)cc1. The van der Waals surface area contributed by atoms with Crippen molar-refractivity contribution in [2.24, 2.45) is 0 Å². The number of Topliss-reactive ketones (excluding diaryl/α,β-unsaturated/α-hetero) is 1. The van der Waals surface area contributed by atoms with Gasteiger partial charge in [0.2, 0.25) is 0 Å². The number of para-hydroxylation sites is 1. The Morgan fingerprint density at radius 3 is 2.40 bits per heavy atom. The molecule has 0 aromatic heterocycles. The van der Waals surface area contributed by atoms with Gasteiger partial charge in [-0.05, 0) is 30.3 Å². The van der Waals surface area contributed by atoms with Crippen LogP contribution in [0.25, 0.3) is 5.76 Å². The third kappa shape index (κ3) is 3.42. The van der Waals surface area contributed by atoms with E-state index in [9.17, 15) is 19.5 Å². The van der Waals surface area contributed by atoms with E-state index in [1.807, 2.05) is 0 Å². The number of nitrogens with zero attached hydrogens (tertiary/aromatic N) is 3. The summed E-state index contributed by atoms with van der Waals surface area (Å²) in [5.41, 5.74) is -0.539. The molecule has 2 saturated heterocycles. The number of likely N-dealkylation sites (N-methyl/N-ethyl adjacent to an activating group) is 1. The normalized spacial score (nSPS) is 23.9. The summed E-state index contributed by atoms with van der Waals surface area (Å²) in [4.78, 5) is 45.8. The van der Waals surface area contributed by atoms with Crippen LogP contribution in [0.15, 0.2) is 54.1 Å². The number of morpholine rings is 1. The van der Waals surface area contributed by atoms with Crippen LogP contribution in [-0.2, 0) is 24.7 Å². The summed E-state index contributed by atoms with van der Waals surface area (Å²) in [5, 5.41) is 11.4. The summed E-state index contributed by atoms with van der Waals surface area (Å²) in [5.74, 6) is -1.94. The van der Waals surface area contributed by atoms with Gasteiger partial charge in [-0.1, -0.05) is 18.2 Å². The van der Waals surface area contributed by atoms with Gasteiger partial charge >= 0.3 is 0 Å². The molecule has 2 amide bonds.